The number of rotatable bonds is 3. The Hall–Kier alpha value is -1.88. The van der Waals surface area contributed by atoms with E-state index in [-0.39, 0.29) is 0 Å². The summed E-state index contributed by atoms with van der Waals surface area (Å²) in [6.07, 6.45) is 1.72. The summed E-state index contributed by atoms with van der Waals surface area (Å²) >= 11 is 6.24. The highest BCUT2D eigenvalue weighted by molar-refractivity contribution is 6.35. The summed E-state index contributed by atoms with van der Waals surface area (Å²) in [5.74, 6) is 0. The average Bonchev–Trinajstić information content (AvgIpc) is 3.02. The second kappa shape index (κ2) is 6.32. The molecule has 0 spiro atoms. The van der Waals surface area contributed by atoms with Gasteiger partial charge in [0.2, 0.25) is 0 Å². The number of hydrogen-bond acceptors (Lipinski definition) is 3. The van der Waals surface area contributed by atoms with E-state index >= 15 is 0 Å². The summed E-state index contributed by atoms with van der Waals surface area (Å²) < 4.78 is 5.41. The number of hydrogen-bond donors (Lipinski definition) is 1. The van der Waals surface area contributed by atoms with Crippen molar-refractivity contribution in [3.8, 4) is 11.3 Å². The van der Waals surface area contributed by atoms with Gasteiger partial charge in [-0.05, 0) is 29.3 Å². The zero-order chi connectivity index (χ0) is 15.6. The van der Waals surface area contributed by atoms with Crippen molar-refractivity contribution in [1.82, 2.24) is 14.9 Å². The Labute approximate surface area is 140 Å². The Bertz CT molecular complexity index is 824. The standard InChI is InChI=1S/C18H18ClN3O/c19-16-4-5-20-18-15(16)11-17(21-18)14-3-1-2-13(10-14)12-22-6-8-23-9-7-22/h1-5,10-11H,6-9,12H2,(H,20,21). The SMILES string of the molecule is Clc1ccnc2[nH]c(-c3cccc(CN4CCOCC4)c3)cc12. The van der Waals surface area contributed by atoms with Crippen LogP contribution in [0.15, 0.2) is 42.6 Å². The van der Waals surface area contributed by atoms with Crippen LogP contribution in [0.4, 0.5) is 0 Å². The number of aromatic nitrogens is 2. The number of H-pyrrole nitrogens is 1. The number of benzene rings is 1. The van der Waals surface area contributed by atoms with Gasteiger partial charge in [0.25, 0.3) is 0 Å². The van der Waals surface area contributed by atoms with Crippen molar-refractivity contribution < 1.29 is 4.74 Å². The number of aromatic amines is 1. The monoisotopic (exact) mass is 327 g/mol. The summed E-state index contributed by atoms with van der Waals surface area (Å²) in [5, 5.41) is 1.68. The number of morpholine rings is 1. The minimum Gasteiger partial charge on any atom is -0.379 e. The van der Waals surface area contributed by atoms with Gasteiger partial charge in [-0.1, -0.05) is 29.8 Å². The molecule has 1 N–H and O–H groups in total. The first kappa shape index (κ1) is 14.7. The van der Waals surface area contributed by atoms with E-state index in [0.29, 0.717) is 0 Å². The van der Waals surface area contributed by atoms with Gasteiger partial charge in [-0.15, -0.1) is 0 Å². The van der Waals surface area contributed by atoms with Crippen LogP contribution in [0.3, 0.4) is 0 Å². The Morgan fingerprint density at radius 3 is 2.87 bits per heavy atom. The Kier molecular flexibility index (Phi) is 4.04. The molecule has 118 valence electrons. The van der Waals surface area contributed by atoms with Crippen LogP contribution in [0.5, 0.6) is 0 Å². The molecule has 3 heterocycles. The van der Waals surface area contributed by atoms with Gasteiger partial charge in [-0.2, -0.15) is 0 Å². The first-order chi connectivity index (χ1) is 11.3. The van der Waals surface area contributed by atoms with Crippen molar-refractivity contribution in [1.29, 1.82) is 0 Å². The summed E-state index contributed by atoms with van der Waals surface area (Å²) in [4.78, 5) is 10.1. The second-order valence-electron chi connectivity index (χ2n) is 5.83. The third-order valence-electron chi connectivity index (χ3n) is 4.23. The molecule has 0 amide bonds. The van der Waals surface area contributed by atoms with Crippen LogP contribution >= 0.6 is 11.6 Å². The molecule has 0 radical (unpaired) electrons. The van der Waals surface area contributed by atoms with Crippen LogP contribution < -0.4 is 0 Å². The minimum absolute atomic E-state index is 0.724. The molecule has 1 aromatic carbocycles. The number of nitrogens with zero attached hydrogens (tertiary/aromatic N) is 2. The van der Waals surface area contributed by atoms with Crippen molar-refractivity contribution in [3.63, 3.8) is 0 Å². The van der Waals surface area contributed by atoms with Crippen LogP contribution in [0.25, 0.3) is 22.3 Å². The molecule has 1 aliphatic heterocycles. The number of fused-ring (bicyclic) bond motifs is 1. The van der Waals surface area contributed by atoms with Crippen LogP contribution in [0.1, 0.15) is 5.56 Å². The van der Waals surface area contributed by atoms with Crippen molar-refractivity contribution in [2.45, 2.75) is 6.54 Å². The molecule has 0 saturated carbocycles. The van der Waals surface area contributed by atoms with Gasteiger partial charge in [0.15, 0.2) is 0 Å². The molecular formula is C18H18ClN3O. The van der Waals surface area contributed by atoms with E-state index in [9.17, 15) is 0 Å². The van der Waals surface area contributed by atoms with Gasteiger partial charge in [-0.25, -0.2) is 4.98 Å². The van der Waals surface area contributed by atoms with Gasteiger partial charge < -0.3 is 9.72 Å². The maximum atomic E-state index is 6.24. The predicted octanol–water partition coefficient (Wildman–Crippen LogP) is 3.72. The quantitative estimate of drug-likeness (QED) is 0.797. The first-order valence-electron chi connectivity index (χ1n) is 7.82. The molecule has 3 aromatic rings. The highest BCUT2D eigenvalue weighted by atomic mass is 35.5. The van der Waals surface area contributed by atoms with Crippen molar-refractivity contribution in [2.24, 2.45) is 0 Å². The van der Waals surface area contributed by atoms with Crippen LogP contribution in [0, 0.1) is 0 Å². The summed E-state index contributed by atoms with van der Waals surface area (Å²) in [7, 11) is 0. The van der Waals surface area contributed by atoms with Crippen molar-refractivity contribution >= 4 is 22.6 Å². The zero-order valence-electron chi connectivity index (χ0n) is 12.8. The molecule has 0 aliphatic carbocycles. The molecule has 1 saturated heterocycles. The fourth-order valence-electron chi connectivity index (χ4n) is 3.00. The molecule has 2 aromatic heterocycles. The van der Waals surface area contributed by atoms with Gasteiger partial charge in [0, 0.05) is 36.9 Å². The highest BCUT2D eigenvalue weighted by Gasteiger charge is 2.12. The molecule has 1 aliphatic rings. The summed E-state index contributed by atoms with van der Waals surface area (Å²) in [6, 6.07) is 12.5. The Morgan fingerprint density at radius 2 is 2.04 bits per heavy atom. The van der Waals surface area contributed by atoms with E-state index in [1.807, 2.05) is 6.07 Å². The molecule has 4 nitrogen and oxygen atoms in total. The minimum atomic E-state index is 0.724. The lowest BCUT2D eigenvalue weighted by Crippen LogP contribution is -2.35. The van der Waals surface area contributed by atoms with E-state index in [0.717, 1.165) is 60.2 Å². The fraction of sp³-hybridized carbons (Fsp3) is 0.278. The predicted molar refractivity (Wildman–Crippen MR) is 92.6 cm³/mol. The molecular weight excluding hydrogens is 310 g/mol. The maximum absolute atomic E-state index is 6.24. The number of halogens is 1. The number of pyridine rings is 1. The third-order valence-corrected chi connectivity index (χ3v) is 4.56. The number of ether oxygens (including phenoxy) is 1. The van der Waals surface area contributed by atoms with Crippen LogP contribution in [-0.2, 0) is 11.3 Å². The Balaban J connectivity index is 1.62. The molecule has 23 heavy (non-hydrogen) atoms. The largest absolute Gasteiger partial charge is 0.379 e. The molecule has 0 unspecified atom stereocenters. The van der Waals surface area contributed by atoms with Crippen LogP contribution in [0.2, 0.25) is 5.02 Å². The Morgan fingerprint density at radius 1 is 1.17 bits per heavy atom. The number of nitrogens with one attached hydrogen (secondary N) is 1. The summed E-state index contributed by atoms with van der Waals surface area (Å²) in [6.45, 7) is 4.60. The lowest BCUT2D eigenvalue weighted by atomic mass is 10.1. The molecule has 1 fully saturated rings. The van der Waals surface area contributed by atoms with E-state index in [1.54, 1.807) is 6.20 Å². The molecule has 4 rings (SSSR count). The summed E-state index contributed by atoms with van der Waals surface area (Å²) in [5.41, 5.74) is 4.34. The molecule has 0 bridgehead atoms. The molecule has 5 heteroatoms. The van der Waals surface area contributed by atoms with E-state index in [1.165, 1.54) is 5.56 Å². The average molecular weight is 328 g/mol. The zero-order valence-corrected chi connectivity index (χ0v) is 13.5. The van der Waals surface area contributed by atoms with Gasteiger partial charge in [-0.3, -0.25) is 4.90 Å². The normalized spacial score (nSPS) is 16.0. The van der Waals surface area contributed by atoms with E-state index < -0.39 is 0 Å². The first-order valence-corrected chi connectivity index (χ1v) is 8.20. The molecule has 0 atom stereocenters. The van der Waals surface area contributed by atoms with Crippen molar-refractivity contribution in [3.05, 3.63) is 53.2 Å². The fourth-order valence-corrected chi connectivity index (χ4v) is 3.21. The second-order valence-corrected chi connectivity index (χ2v) is 6.23. The van der Waals surface area contributed by atoms with Gasteiger partial charge in [0.1, 0.15) is 5.65 Å². The van der Waals surface area contributed by atoms with E-state index in [2.05, 4.69) is 45.2 Å². The lowest BCUT2D eigenvalue weighted by molar-refractivity contribution is 0.0342. The van der Waals surface area contributed by atoms with Gasteiger partial charge in [0.05, 0.1) is 18.2 Å². The third kappa shape index (κ3) is 3.11. The van der Waals surface area contributed by atoms with Crippen molar-refractivity contribution in [2.75, 3.05) is 26.3 Å². The van der Waals surface area contributed by atoms with Crippen LogP contribution in [-0.4, -0.2) is 41.2 Å². The maximum Gasteiger partial charge on any atom is 0.139 e. The van der Waals surface area contributed by atoms with E-state index in [4.69, 9.17) is 16.3 Å². The van der Waals surface area contributed by atoms with Gasteiger partial charge >= 0.3 is 0 Å². The smallest absolute Gasteiger partial charge is 0.139 e. The lowest BCUT2D eigenvalue weighted by Gasteiger charge is -2.26. The topological polar surface area (TPSA) is 41.2 Å². The highest BCUT2D eigenvalue weighted by Crippen LogP contribution is 2.28.